The summed E-state index contributed by atoms with van der Waals surface area (Å²) in [5.74, 6) is 0.920. The third-order valence-electron chi connectivity index (χ3n) is 3.59. The van der Waals surface area contributed by atoms with Gasteiger partial charge >= 0.3 is 0 Å². The van der Waals surface area contributed by atoms with Crippen molar-refractivity contribution in [3.63, 3.8) is 0 Å². The van der Waals surface area contributed by atoms with E-state index in [0.717, 1.165) is 18.7 Å². The number of nitrogens with two attached hydrogens (primary N) is 1. The van der Waals surface area contributed by atoms with Gasteiger partial charge in [-0.2, -0.15) is 0 Å². The molecule has 130 valence electrons. The first kappa shape index (κ1) is 19.5. The molecule has 0 heterocycles. The van der Waals surface area contributed by atoms with Crippen LogP contribution in [-0.4, -0.2) is 50.8 Å². The fourth-order valence-corrected chi connectivity index (χ4v) is 2.23. The predicted molar refractivity (Wildman–Crippen MR) is 99.2 cm³/mol. The molecule has 1 aromatic carbocycles. The van der Waals surface area contributed by atoms with E-state index in [1.54, 1.807) is 0 Å². The maximum atomic E-state index is 6.01. The van der Waals surface area contributed by atoms with Crippen LogP contribution in [0.3, 0.4) is 0 Å². The number of ether oxygens (including phenoxy) is 1. The average Bonchev–Trinajstić information content (AvgIpc) is 2.50. The molecular weight excluding hydrogens is 288 g/mol. The van der Waals surface area contributed by atoms with Crippen molar-refractivity contribution in [2.24, 2.45) is 10.7 Å². The Morgan fingerprint density at radius 2 is 2.09 bits per heavy atom. The molecule has 0 fully saturated rings. The molecule has 0 radical (unpaired) electrons. The summed E-state index contributed by atoms with van der Waals surface area (Å²) in [6, 6.07) is 8.26. The van der Waals surface area contributed by atoms with Gasteiger partial charge in [0.2, 0.25) is 0 Å². The van der Waals surface area contributed by atoms with Gasteiger partial charge in [0.1, 0.15) is 0 Å². The number of aliphatic imine (C=N–C) groups is 1. The molecule has 5 heteroatoms. The second-order valence-corrected chi connectivity index (χ2v) is 6.30. The van der Waals surface area contributed by atoms with Crippen molar-refractivity contribution in [2.45, 2.75) is 39.2 Å². The Labute approximate surface area is 140 Å². The Balaban J connectivity index is 2.59. The molecule has 0 aliphatic heterocycles. The van der Waals surface area contributed by atoms with Crippen LogP contribution in [0.25, 0.3) is 0 Å². The lowest BCUT2D eigenvalue weighted by Crippen LogP contribution is -2.28. The molecule has 1 aromatic rings. The molecule has 1 rings (SSSR count). The Hall–Kier alpha value is -1.59. The van der Waals surface area contributed by atoms with E-state index < -0.39 is 0 Å². The van der Waals surface area contributed by atoms with Gasteiger partial charge in [0, 0.05) is 18.8 Å². The normalized spacial score (nSPS) is 13.6. The average molecular weight is 320 g/mol. The van der Waals surface area contributed by atoms with Crippen molar-refractivity contribution in [1.29, 1.82) is 0 Å². The van der Waals surface area contributed by atoms with Gasteiger partial charge in [-0.15, -0.1) is 0 Å². The SMILES string of the molecule is CCOC(CCN(C)C)CN=C(N)Nc1cccc(C(C)C)c1. The molecule has 0 aliphatic carbocycles. The summed E-state index contributed by atoms with van der Waals surface area (Å²) >= 11 is 0. The van der Waals surface area contributed by atoms with Crippen LogP contribution in [0.15, 0.2) is 29.3 Å². The van der Waals surface area contributed by atoms with Crippen molar-refractivity contribution in [1.82, 2.24) is 4.90 Å². The van der Waals surface area contributed by atoms with Gasteiger partial charge in [0.25, 0.3) is 0 Å². The zero-order chi connectivity index (χ0) is 17.2. The summed E-state index contributed by atoms with van der Waals surface area (Å²) in [5.41, 5.74) is 8.25. The number of guanidine groups is 1. The van der Waals surface area contributed by atoms with Crippen LogP contribution >= 0.6 is 0 Å². The van der Waals surface area contributed by atoms with Crippen LogP contribution < -0.4 is 11.1 Å². The fraction of sp³-hybridized carbons (Fsp3) is 0.611. The van der Waals surface area contributed by atoms with Crippen LogP contribution in [-0.2, 0) is 4.74 Å². The number of nitrogens with zero attached hydrogens (tertiary/aromatic N) is 2. The maximum absolute atomic E-state index is 6.01. The minimum absolute atomic E-state index is 0.102. The summed E-state index contributed by atoms with van der Waals surface area (Å²) in [6.07, 6.45) is 1.05. The van der Waals surface area contributed by atoms with Crippen LogP contribution in [0.2, 0.25) is 0 Å². The first-order valence-electron chi connectivity index (χ1n) is 8.35. The van der Waals surface area contributed by atoms with Gasteiger partial charge in [-0.25, -0.2) is 0 Å². The molecule has 1 unspecified atom stereocenters. The molecule has 1 atom stereocenters. The molecule has 0 aliphatic rings. The smallest absolute Gasteiger partial charge is 0.193 e. The molecule has 5 nitrogen and oxygen atoms in total. The second kappa shape index (κ2) is 10.2. The number of rotatable bonds is 9. The summed E-state index contributed by atoms with van der Waals surface area (Å²) in [7, 11) is 4.12. The first-order valence-corrected chi connectivity index (χ1v) is 8.35. The molecule has 0 spiro atoms. The van der Waals surface area contributed by atoms with Crippen molar-refractivity contribution >= 4 is 11.6 Å². The molecule has 0 saturated carbocycles. The number of hydrogen-bond acceptors (Lipinski definition) is 3. The third kappa shape index (κ3) is 8.00. The van der Waals surface area contributed by atoms with Gasteiger partial charge < -0.3 is 20.7 Å². The Bertz CT molecular complexity index is 486. The quantitative estimate of drug-likeness (QED) is 0.542. The van der Waals surface area contributed by atoms with Gasteiger partial charge in [-0.3, -0.25) is 4.99 Å². The van der Waals surface area contributed by atoms with Crippen molar-refractivity contribution < 1.29 is 4.74 Å². The molecule has 0 saturated heterocycles. The summed E-state index contributed by atoms with van der Waals surface area (Å²) in [6.45, 7) is 8.60. The fourth-order valence-electron chi connectivity index (χ4n) is 2.23. The highest BCUT2D eigenvalue weighted by Crippen LogP contribution is 2.18. The number of benzene rings is 1. The Kier molecular flexibility index (Phi) is 8.66. The molecule has 0 amide bonds. The van der Waals surface area contributed by atoms with Crippen LogP contribution in [0.5, 0.6) is 0 Å². The van der Waals surface area contributed by atoms with E-state index in [1.807, 2.05) is 19.1 Å². The van der Waals surface area contributed by atoms with Crippen molar-refractivity contribution in [3.05, 3.63) is 29.8 Å². The summed E-state index contributed by atoms with van der Waals surface area (Å²) in [5, 5.41) is 3.16. The lowest BCUT2D eigenvalue weighted by Gasteiger charge is -2.18. The van der Waals surface area contributed by atoms with Gasteiger partial charge in [-0.05, 0) is 51.1 Å². The van der Waals surface area contributed by atoms with E-state index in [0.29, 0.717) is 25.0 Å². The molecule has 23 heavy (non-hydrogen) atoms. The molecule has 0 aromatic heterocycles. The van der Waals surface area contributed by atoms with Gasteiger partial charge in [0.15, 0.2) is 5.96 Å². The third-order valence-corrected chi connectivity index (χ3v) is 3.59. The summed E-state index contributed by atoms with van der Waals surface area (Å²) < 4.78 is 5.73. The summed E-state index contributed by atoms with van der Waals surface area (Å²) in [4.78, 5) is 6.58. The van der Waals surface area contributed by atoms with E-state index >= 15 is 0 Å². The topological polar surface area (TPSA) is 62.9 Å². The standard InChI is InChI=1S/C18H32N4O/c1-6-23-17(10-11-22(4)5)13-20-18(19)21-16-9-7-8-15(12-16)14(2)3/h7-9,12,14,17H,6,10-11,13H2,1-5H3,(H3,19,20,21). The number of hydrogen-bond donors (Lipinski definition) is 2. The number of anilines is 1. The van der Waals surface area contributed by atoms with E-state index in [2.05, 4.69) is 55.3 Å². The molecule has 3 N–H and O–H groups in total. The van der Waals surface area contributed by atoms with Crippen LogP contribution in [0.4, 0.5) is 5.69 Å². The minimum Gasteiger partial charge on any atom is -0.377 e. The maximum Gasteiger partial charge on any atom is 0.193 e. The van der Waals surface area contributed by atoms with Crippen LogP contribution in [0.1, 0.15) is 38.7 Å². The minimum atomic E-state index is 0.102. The highest BCUT2D eigenvalue weighted by Gasteiger charge is 2.09. The van der Waals surface area contributed by atoms with E-state index in [-0.39, 0.29) is 6.10 Å². The highest BCUT2D eigenvalue weighted by atomic mass is 16.5. The van der Waals surface area contributed by atoms with E-state index in [1.165, 1.54) is 5.56 Å². The molecule has 0 bridgehead atoms. The monoisotopic (exact) mass is 320 g/mol. The van der Waals surface area contributed by atoms with Crippen molar-refractivity contribution in [3.8, 4) is 0 Å². The van der Waals surface area contributed by atoms with Gasteiger partial charge in [0.05, 0.1) is 12.6 Å². The highest BCUT2D eigenvalue weighted by molar-refractivity contribution is 5.92. The van der Waals surface area contributed by atoms with Crippen LogP contribution in [0, 0.1) is 0 Å². The first-order chi connectivity index (χ1) is 10.9. The van der Waals surface area contributed by atoms with Crippen molar-refractivity contribution in [2.75, 3.05) is 39.1 Å². The Morgan fingerprint density at radius 1 is 1.35 bits per heavy atom. The largest absolute Gasteiger partial charge is 0.377 e. The number of nitrogens with one attached hydrogen (secondary N) is 1. The van der Waals surface area contributed by atoms with E-state index in [9.17, 15) is 0 Å². The van der Waals surface area contributed by atoms with E-state index in [4.69, 9.17) is 10.5 Å². The molecular formula is C18H32N4O. The predicted octanol–water partition coefficient (Wildman–Crippen LogP) is 2.89. The second-order valence-electron chi connectivity index (χ2n) is 6.30. The lowest BCUT2D eigenvalue weighted by atomic mass is 10.0. The van der Waals surface area contributed by atoms with Gasteiger partial charge in [-0.1, -0.05) is 26.0 Å². The Morgan fingerprint density at radius 3 is 2.70 bits per heavy atom. The zero-order valence-electron chi connectivity index (χ0n) is 15.2. The lowest BCUT2D eigenvalue weighted by molar-refractivity contribution is 0.0583. The zero-order valence-corrected chi connectivity index (χ0v) is 15.2.